The molecule has 0 amide bonds. The average Bonchev–Trinajstić information content (AvgIpc) is 2.87. The van der Waals surface area contributed by atoms with Crippen molar-refractivity contribution in [1.29, 1.82) is 5.26 Å². The molecule has 33 heavy (non-hydrogen) atoms. The van der Waals surface area contributed by atoms with Crippen LogP contribution in [0.5, 0.6) is 5.75 Å². The molecule has 2 nitrogen and oxygen atoms in total. The average molecular weight is 446 g/mol. The van der Waals surface area contributed by atoms with E-state index in [4.69, 9.17) is 4.74 Å². The van der Waals surface area contributed by atoms with Gasteiger partial charge in [0, 0.05) is 5.92 Å². The fraction of sp³-hybridized carbons (Fsp3) is 0.581. The Morgan fingerprint density at radius 1 is 0.788 bits per heavy atom. The van der Waals surface area contributed by atoms with Crippen LogP contribution in [0.3, 0.4) is 0 Å². The highest BCUT2D eigenvalue weighted by molar-refractivity contribution is 5.64. The first-order valence-electron chi connectivity index (χ1n) is 13.5. The molecular weight excluding hydrogens is 402 g/mol. The molecule has 0 N–H and O–H groups in total. The van der Waals surface area contributed by atoms with Gasteiger partial charge in [0.05, 0.1) is 12.7 Å². The van der Waals surface area contributed by atoms with Gasteiger partial charge in [0.15, 0.2) is 0 Å². The highest BCUT2D eigenvalue weighted by Gasteiger charge is 2.27. The smallest absolute Gasteiger partial charge is 0.119 e. The molecule has 1 unspecified atom stereocenters. The minimum Gasteiger partial charge on any atom is -0.494 e. The van der Waals surface area contributed by atoms with E-state index in [1.165, 1.54) is 74.5 Å². The van der Waals surface area contributed by atoms with E-state index in [1.807, 2.05) is 0 Å². The topological polar surface area (TPSA) is 33.0 Å². The molecule has 178 valence electrons. The van der Waals surface area contributed by atoms with Gasteiger partial charge in [-0.05, 0) is 79.2 Å². The first-order chi connectivity index (χ1) is 16.2. The van der Waals surface area contributed by atoms with Gasteiger partial charge in [-0.15, -0.1) is 0 Å². The van der Waals surface area contributed by atoms with Crippen LogP contribution in [0.25, 0.3) is 11.1 Å². The summed E-state index contributed by atoms with van der Waals surface area (Å²) < 4.78 is 5.93. The van der Waals surface area contributed by atoms with E-state index in [-0.39, 0.29) is 5.92 Å². The largest absolute Gasteiger partial charge is 0.494 e. The van der Waals surface area contributed by atoms with Gasteiger partial charge in [-0.2, -0.15) is 5.26 Å². The Morgan fingerprint density at radius 3 is 2.00 bits per heavy atom. The van der Waals surface area contributed by atoms with E-state index in [2.05, 4.69) is 68.4 Å². The maximum absolute atomic E-state index is 9.48. The summed E-state index contributed by atoms with van der Waals surface area (Å²) in [4.78, 5) is 0. The van der Waals surface area contributed by atoms with Crippen LogP contribution in [-0.4, -0.2) is 6.61 Å². The van der Waals surface area contributed by atoms with Crippen molar-refractivity contribution in [2.75, 3.05) is 6.61 Å². The van der Waals surface area contributed by atoms with E-state index in [0.29, 0.717) is 11.8 Å². The highest BCUT2D eigenvalue weighted by Crippen LogP contribution is 2.40. The summed E-state index contributed by atoms with van der Waals surface area (Å²) in [6.45, 7) is 5.26. The number of benzene rings is 2. The van der Waals surface area contributed by atoms with Crippen molar-refractivity contribution in [1.82, 2.24) is 0 Å². The molecule has 1 aliphatic carbocycles. The molecule has 0 heterocycles. The third-order valence-electron chi connectivity index (χ3n) is 7.44. The minimum atomic E-state index is 0.260. The monoisotopic (exact) mass is 445 g/mol. The van der Waals surface area contributed by atoms with Crippen LogP contribution >= 0.6 is 0 Å². The Bertz CT molecular complexity index is 825. The molecule has 0 saturated heterocycles. The summed E-state index contributed by atoms with van der Waals surface area (Å²) in [7, 11) is 0. The number of rotatable bonds is 13. The first kappa shape index (κ1) is 25.4. The van der Waals surface area contributed by atoms with E-state index in [1.54, 1.807) is 0 Å². The Labute approximate surface area is 202 Å². The Kier molecular flexibility index (Phi) is 10.8. The lowest BCUT2D eigenvalue weighted by Gasteiger charge is -2.31. The maximum atomic E-state index is 9.48. The lowest BCUT2D eigenvalue weighted by Crippen LogP contribution is -2.20. The molecule has 0 radical (unpaired) electrons. The molecule has 1 saturated carbocycles. The first-order valence-corrected chi connectivity index (χ1v) is 13.5. The van der Waals surface area contributed by atoms with E-state index in [9.17, 15) is 5.26 Å². The van der Waals surface area contributed by atoms with Crippen LogP contribution in [-0.2, 0) is 0 Å². The van der Waals surface area contributed by atoms with Crippen LogP contribution in [0.2, 0.25) is 0 Å². The van der Waals surface area contributed by atoms with Crippen molar-refractivity contribution >= 4 is 0 Å². The van der Waals surface area contributed by atoms with E-state index >= 15 is 0 Å². The predicted octanol–water partition coefficient (Wildman–Crippen LogP) is 9.31. The van der Waals surface area contributed by atoms with Gasteiger partial charge < -0.3 is 4.74 Å². The normalized spacial score (nSPS) is 19.1. The molecule has 2 aromatic rings. The van der Waals surface area contributed by atoms with Crippen molar-refractivity contribution < 1.29 is 4.74 Å². The Morgan fingerprint density at radius 2 is 1.39 bits per heavy atom. The molecule has 2 heteroatoms. The maximum Gasteiger partial charge on any atom is 0.119 e. The molecular formula is C31H43NO. The van der Waals surface area contributed by atoms with Gasteiger partial charge in [0.2, 0.25) is 0 Å². The van der Waals surface area contributed by atoms with Crippen molar-refractivity contribution in [3.8, 4) is 22.9 Å². The minimum absolute atomic E-state index is 0.260. The van der Waals surface area contributed by atoms with Gasteiger partial charge in [-0.3, -0.25) is 0 Å². The lowest BCUT2D eigenvalue weighted by atomic mass is 9.73. The third kappa shape index (κ3) is 7.92. The zero-order valence-corrected chi connectivity index (χ0v) is 20.9. The van der Waals surface area contributed by atoms with Gasteiger partial charge in [-0.1, -0.05) is 88.8 Å². The van der Waals surface area contributed by atoms with Crippen molar-refractivity contribution in [2.45, 2.75) is 96.8 Å². The number of nitriles is 1. The zero-order chi connectivity index (χ0) is 23.3. The lowest BCUT2D eigenvalue weighted by molar-refractivity contribution is 0.259. The van der Waals surface area contributed by atoms with E-state index < -0.39 is 0 Å². The molecule has 0 aromatic heterocycles. The Balaban J connectivity index is 1.45. The number of hydrogen-bond donors (Lipinski definition) is 0. The predicted molar refractivity (Wildman–Crippen MR) is 139 cm³/mol. The van der Waals surface area contributed by atoms with Crippen molar-refractivity contribution in [3.63, 3.8) is 0 Å². The molecule has 0 aliphatic heterocycles. The summed E-state index contributed by atoms with van der Waals surface area (Å²) in [5.41, 5.74) is 3.97. The molecule has 1 aliphatic rings. The fourth-order valence-electron chi connectivity index (χ4n) is 5.34. The van der Waals surface area contributed by atoms with Crippen LogP contribution in [0, 0.1) is 23.2 Å². The summed E-state index contributed by atoms with van der Waals surface area (Å²) in [6.07, 6.45) is 14.8. The summed E-state index contributed by atoms with van der Waals surface area (Å²) in [5.74, 6) is 2.48. The fourth-order valence-corrected chi connectivity index (χ4v) is 5.34. The molecule has 0 bridgehead atoms. The highest BCUT2D eigenvalue weighted by atomic mass is 16.5. The quantitative estimate of drug-likeness (QED) is 0.288. The van der Waals surface area contributed by atoms with Crippen LogP contribution in [0.4, 0.5) is 0 Å². The van der Waals surface area contributed by atoms with Crippen LogP contribution in [0.15, 0.2) is 48.5 Å². The summed E-state index contributed by atoms with van der Waals surface area (Å²) in [5, 5.41) is 9.48. The molecule has 0 spiro atoms. The second-order valence-electron chi connectivity index (χ2n) is 9.90. The summed E-state index contributed by atoms with van der Waals surface area (Å²) in [6, 6.07) is 20.3. The number of unbranched alkanes of at least 4 members (excludes halogenated alkanes) is 5. The standard InChI is InChI=1S/C31H43NO/c1-3-5-6-7-8-9-23-33-31-21-19-28(20-22-31)27-13-11-25(12-14-27)26-15-17-29(18-16-26)30(24-32)10-4-2/h11-14,19-22,26,29-30H,3-10,15-18,23H2,1-2H3. The second-order valence-corrected chi connectivity index (χ2v) is 9.90. The Hall–Kier alpha value is -2.27. The van der Waals surface area contributed by atoms with Gasteiger partial charge >= 0.3 is 0 Å². The van der Waals surface area contributed by atoms with Crippen LogP contribution < -0.4 is 4.74 Å². The molecule has 1 atom stereocenters. The van der Waals surface area contributed by atoms with Crippen molar-refractivity contribution in [2.24, 2.45) is 11.8 Å². The van der Waals surface area contributed by atoms with Gasteiger partial charge in [-0.25, -0.2) is 0 Å². The molecule has 1 fully saturated rings. The molecule has 3 rings (SSSR count). The third-order valence-corrected chi connectivity index (χ3v) is 7.44. The van der Waals surface area contributed by atoms with Crippen molar-refractivity contribution in [3.05, 3.63) is 54.1 Å². The number of hydrogen-bond acceptors (Lipinski definition) is 2. The van der Waals surface area contributed by atoms with E-state index in [0.717, 1.165) is 31.6 Å². The summed E-state index contributed by atoms with van der Waals surface area (Å²) >= 11 is 0. The van der Waals surface area contributed by atoms with Gasteiger partial charge in [0.25, 0.3) is 0 Å². The van der Waals surface area contributed by atoms with Crippen LogP contribution in [0.1, 0.15) is 102 Å². The number of nitrogens with zero attached hydrogens (tertiary/aromatic N) is 1. The second kappa shape index (κ2) is 14.1. The molecule has 2 aromatic carbocycles. The van der Waals surface area contributed by atoms with Gasteiger partial charge in [0.1, 0.15) is 5.75 Å². The zero-order valence-electron chi connectivity index (χ0n) is 20.9. The number of ether oxygens (including phenoxy) is 1. The SMILES string of the molecule is CCCCCCCCOc1ccc(-c2ccc(C3CCC(C(C#N)CCC)CC3)cc2)cc1.